The van der Waals surface area contributed by atoms with Crippen LogP contribution in [0.25, 0.3) is 11.0 Å². The van der Waals surface area contributed by atoms with Gasteiger partial charge in [-0.25, -0.2) is 4.98 Å². The van der Waals surface area contributed by atoms with Gasteiger partial charge in [-0.3, -0.25) is 4.68 Å². The molecule has 6 heteroatoms. The smallest absolute Gasteiger partial charge is 0.159 e. The van der Waals surface area contributed by atoms with Gasteiger partial charge in [-0.05, 0) is 19.9 Å². The summed E-state index contributed by atoms with van der Waals surface area (Å²) in [7, 11) is 3.62. The summed E-state index contributed by atoms with van der Waals surface area (Å²) in [4.78, 5) is 6.75. The molecule has 0 saturated carbocycles. The summed E-state index contributed by atoms with van der Waals surface area (Å²) in [5.41, 5.74) is 1.85. The molecule has 0 aromatic carbocycles. The van der Waals surface area contributed by atoms with Crippen LogP contribution in [0.5, 0.6) is 0 Å². The van der Waals surface area contributed by atoms with Crippen molar-refractivity contribution in [1.29, 1.82) is 0 Å². The topological polar surface area (TPSA) is 52.4 Å². The Morgan fingerprint density at radius 1 is 1.48 bits per heavy atom. The first-order valence-electron chi connectivity index (χ1n) is 7.18. The van der Waals surface area contributed by atoms with Gasteiger partial charge in [0.15, 0.2) is 5.65 Å². The van der Waals surface area contributed by atoms with Gasteiger partial charge in [0.25, 0.3) is 0 Å². The molecule has 0 aliphatic carbocycles. The Morgan fingerprint density at radius 2 is 2.29 bits per heavy atom. The average molecular weight is 290 g/mol. The maximum absolute atomic E-state index is 6.08. The second-order valence-electron chi connectivity index (χ2n) is 6.17. The van der Waals surface area contributed by atoms with E-state index >= 15 is 0 Å². The lowest BCUT2D eigenvalue weighted by molar-refractivity contribution is -0.106. The van der Waals surface area contributed by atoms with Gasteiger partial charge in [0.2, 0.25) is 0 Å². The lowest BCUT2D eigenvalue weighted by Gasteiger charge is -2.43. The normalized spacial score (nSPS) is 21.9. The number of pyridine rings is 1. The molecule has 1 aliphatic rings. The SMILES string of the molecule is COCC1CN(c2ccnc3c2cnn3C)CC(C)(C)O1. The standard InChI is InChI=1S/C15H22N4O2/c1-15(2)10-19(8-11(21-15)9-20-4)13-5-6-16-14-12(13)7-17-18(14)3/h5-7,11H,8-10H2,1-4H3. The number of hydrogen-bond donors (Lipinski definition) is 0. The summed E-state index contributed by atoms with van der Waals surface area (Å²) in [6.07, 6.45) is 3.79. The van der Waals surface area contributed by atoms with Crippen LogP contribution in [0.2, 0.25) is 0 Å². The van der Waals surface area contributed by atoms with Gasteiger partial charge in [0, 0.05) is 33.4 Å². The number of hydrogen-bond acceptors (Lipinski definition) is 5. The van der Waals surface area contributed by atoms with Gasteiger partial charge in [-0.2, -0.15) is 5.10 Å². The van der Waals surface area contributed by atoms with E-state index < -0.39 is 0 Å². The Kier molecular flexibility index (Phi) is 3.59. The third-order valence-corrected chi connectivity index (χ3v) is 3.79. The molecule has 2 aromatic heterocycles. The van der Waals surface area contributed by atoms with Crippen LogP contribution in [-0.2, 0) is 16.5 Å². The molecule has 114 valence electrons. The fourth-order valence-corrected chi connectivity index (χ4v) is 3.06. The first kappa shape index (κ1) is 14.3. The van der Waals surface area contributed by atoms with E-state index in [4.69, 9.17) is 9.47 Å². The van der Waals surface area contributed by atoms with Crippen LogP contribution in [0, 0.1) is 0 Å². The van der Waals surface area contributed by atoms with Crippen molar-refractivity contribution in [1.82, 2.24) is 14.8 Å². The molecule has 6 nitrogen and oxygen atoms in total. The van der Waals surface area contributed by atoms with Gasteiger partial charge >= 0.3 is 0 Å². The maximum Gasteiger partial charge on any atom is 0.159 e. The average Bonchev–Trinajstić information content (AvgIpc) is 2.79. The number of ether oxygens (including phenoxy) is 2. The summed E-state index contributed by atoms with van der Waals surface area (Å²) >= 11 is 0. The van der Waals surface area contributed by atoms with Crippen LogP contribution in [-0.4, -0.2) is 53.3 Å². The molecule has 2 aromatic rings. The fraction of sp³-hybridized carbons (Fsp3) is 0.600. The van der Waals surface area contributed by atoms with Crippen molar-refractivity contribution in [2.24, 2.45) is 7.05 Å². The van der Waals surface area contributed by atoms with E-state index in [0.717, 1.165) is 29.8 Å². The Balaban J connectivity index is 1.97. The van der Waals surface area contributed by atoms with Crippen molar-refractivity contribution in [3.8, 4) is 0 Å². The number of aromatic nitrogens is 3. The summed E-state index contributed by atoms with van der Waals surface area (Å²) in [6.45, 7) is 6.47. The molecule has 0 spiro atoms. The number of rotatable bonds is 3. The Morgan fingerprint density at radius 3 is 3.05 bits per heavy atom. The van der Waals surface area contributed by atoms with Gasteiger partial charge in [-0.15, -0.1) is 0 Å². The number of nitrogens with zero attached hydrogens (tertiary/aromatic N) is 4. The molecule has 1 atom stereocenters. The number of methoxy groups -OCH3 is 1. The van der Waals surface area contributed by atoms with Gasteiger partial charge in [0.05, 0.1) is 35.6 Å². The summed E-state index contributed by atoms with van der Waals surface area (Å²) < 4.78 is 13.2. The summed E-state index contributed by atoms with van der Waals surface area (Å²) in [5, 5.41) is 5.39. The van der Waals surface area contributed by atoms with Crippen molar-refractivity contribution >= 4 is 16.7 Å². The van der Waals surface area contributed by atoms with Crippen LogP contribution in [0.4, 0.5) is 5.69 Å². The molecular weight excluding hydrogens is 268 g/mol. The largest absolute Gasteiger partial charge is 0.382 e. The molecule has 3 rings (SSSR count). The minimum absolute atomic E-state index is 0.0682. The third-order valence-electron chi connectivity index (χ3n) is 3.79. The van der Waals surface area contributed by atoms with E-state index in [1.54, 1.807) is 11.8 Å². The lowest BCUT2D eigenvalue weighted by Crippen LogP contribution is -2.54. The predicted octanol–water partition coefficient (Wildman–Crippen LogP) is 1.60. The monoisotopic (exact) mass is 290 g/mol. The van der Waals surface area contributed by atoms with Crippen LogP contribution in [0.3, 0.4) is 0 Å². The second-order valence-corrected chi connectivity index (χ2v) is 6.17. The van der Waals surface area contributed by atoms with Crippen molar-refractivity contribution in [2.45, 2.75) is 25.6 Å². The molecule has 1 saturated heterocycles. The van der Waals surface area contributed by atoms with Crippen molar-refractivity contribution < 1.29 is 9.47 Å². The van der Waals surface area contributed by atoms with Crippen molar-refractivity contribution in [3.05, 3.63) is 18.5 Å². The molecule has 3 heterocycles. The van der Waals surface area contributed by atoms with E-state index in [9.17, 15) is 0 Å². The lowest BCUT2D eigenvalue weighted by atomic mass is 10.0. The molecule has 1 unspecified atom stereocenters. The highest BCUT2D eigenvalue weighted by atomic mass is 16.5. The van der Waals surface area contributed by atoms with Gasteiger partial charge in [0.1, 0.15) is 0 Å². The molecular formula is C15H22N4O2. The van der Waals surface area contributed by atoms with Crippen LogP contribution in [0.1, 0.15) is 13.8 Å². The van der Waals surface area contributed by atoms with Crippen LogP contribution < -0.4 is 4.90 Å². The van der Waals surface area contributed by atoms with Crippen molar-refractivity contribution in [2.75, 3.05) is 31.7 Å². The summed E-state index contributed by atoms with van der Waals surface area (Å²) in [5.74, 6) is 0. The molecule has 1 aliphatic heterocycles. The number of fused-ring (bicyclic) bond motifs is 1. The number of morpholine rings is 1. The summed E-state index contributed by atoms with van der Waals surface area (Å²) in [6, 6.07) is 2.05. The van der Waals surface area contributed by atoms with Crippen molar-refractivity contribution in [3.63, 3.8) is 0 Å². The highest BCUT2D eigenvalue weighted by Crippen LogP contribution is 2.30. The van der Waals surface area contributed by atoms with Crippen LogP contribution >= 0.6 is 0 Å². The Labute approximate surface area is 124 Å². The quantitative estimate of drug-likeness (QED) is 0.859. The predicted molar refractivity (Wildman–Crippen MR) is 81.6 cm³/mol. The van der Waals surface area contributed by atoms with E-state index in [2.05, 4.69) is 34.9 Å². The minimum atomic E-state index is -0.209. The zero-order chi connectivity index (χ0) is 15.0. The Bertz CT molecular complexity index is 638. The van der Waals surface area contributed by atoms with E-state index in [-0.39, 0.29) is 11.7 Å². The molecule has 21 heavy (non-hydrogen) atoms. The second kappa shape index (κ2) is 5.27. The first-order chi connectivity index (χ1) is 10.00. The van der Waals surface area contributed by atoms with E-state index in [1.807, 2.05) is 19.4 Å². The molecule has 0 amide bonds. The third kappa shape index (κ3) is 2.73. The maximum atomic E-state index is 6.08. The Hall–Kier alpha value is -1.66. The van der Waals surface area contributed by atoms with Crippen LogP contribution in [0.15, 0.2) is 18.5 Å². The molecule has 0 N–H and O–H groups in total. The highest BCUT2D eigenvalue weighted by molar-refractivity contribution is 5.89. The van der Waals surface area contributed by atoms with E-state index in [1.165, 1.54) is 0 Å². The molecule has 0 radical (unpaired) electrons. The fourth-order valence-electron chi connectivity index (χ4n) is 3.06. The minimum Gasteiger partial charge on any atom is -0.382 e. The van der Waals surface area contributed by atoms with Gasteiger partial charge < -0.3 is 14.4 Å². The first-order valence-corrected chi connectivity index (χ1v) is 7.18. The molecule has 1 fully saturated rings. The van der Waals surface area contributed by atoms with Gasteiger partial charge in [-0.1, -0.05) is 0 Å². The highest BCUT2D eigenvalue weighted by Gasteiger charge is 2.34. The molecule has 0 bridgehead atoms. The zero-order valence-electron chi connectivity index (χ0n) is 13.0. The zero-order valence-corrected chi connectivity index (χ0v) is 13.0. The number of anilines is 1. The number of aryl methyl sites for hydroxylation is 1. The van der Waals surface area contributed by atoms with E-state index in [0.29, 0.717) is 6.61 Å².